The van der Waals surface area contributed by atoms with Crippen molar-refractivity contribution in [1.29, 1.82) is 0 Å². The molecule has 0 N–H and O–H groups in total. The summed E-state index contributed by atoms with van der Waals surface area (Å²) >= 11 is 7.25. The summed E-state index contributed by atoms with van der Waals surface area (Å²) in [6.07, 6.45) is 0. The Hall–Kier alpha value is -4.91. The van der Waals surface area contributed by atoms with E-state index in [1.54, 1.807) is 0 Å². The van der Waals surface area contributed by atoms with Crippen LogP contribution in [0.3, 0.4) is 0 Å². The highest BCUT2D eigenvalue weighted by Gasteiger charge is 2.27. The summed E-state index contributed by atoms with van der Waals surface area (Å²) in [6, 6.07) is 47.4. The predicted molar refractivity (Wildman–Crippen MR) is 210 cm³/mol. The van der Waals surface area contributed by atoms with E-state index in [1.807, 2.05) is 12.1 Å². The Morgan fingerprint density at radius 3 is 1.69 bits per heavy atom. The molecular weight excluding hydrogens is 734 g/mol. The maximum atomic E-state index is 6.37. The van der Waals surface area contributed by atoms with E-state index in [1.165, 1.54) is 21.7 Å². The molecular formula is C43H31Br2N3O. The first kappa shape index (κ1) is 30.2. The van der Waals surface area contributed by atoms with Crippen LogP contribution in [0.5, 0.6) is 11.5 Å². The molecule has 0 spiro atoms. The Morgan fingerprint density at radius 2 is 1.10 bits per heavy atom. The van der Waals surface area contributed by atoms with Crippen LogP contribution in [0, 0.1) is 0 Å². The van der Waals surface area contributed by atoms with Gasteiger partial charge >= 0.3 is 0 Å². The molecule has 0 aliphatic carbocycles. The third-order valence-electron chi connectivity index (χ3n) is 9.45. The standard InChI is InChI=1S/C43H31Br2N3O/c1-43(2,3)27-14-20-31(21-15-27)48-41-35-11-7-5-9-33(35)32-8-4-6-10-34(32)40(41)46-42(48)26-12-18-30(19-13-26)47-36-22-16-28(44)24-38(36)49-39-25-29(45)17-23-37(39)47/h4-25H,1-3H3. The number of fused-ring (bicyclic) bond motifs is 8. The normalized spacial score (nSPS) is 12.7. The average molecular weight is 766 g/mol. The zero-order valence-electron chi connectivity index (χ0n) is 27.2. The lowest BCUT2D eigenvalue weighted by Crippen LogP contribution is -2.15. The summed E-state index contributed by atoms with van der Waals surface area (Å²) in [5, 5.41) is 4.77. The van der Waals surface area contributed by atoms with Crippen LogP contribution in [0.1, 0.15) is 26.3 Å². The molecule has 0 fully saturated rings. The first-order valence-electron chi connectivity index (χ1n) is 16.3. The predicted octanol–water partition coefficient (Wildman–Crippen LogP) is 13.4. The van der Waals surface area contributed by atoms with Crippen molar-refractivity contribution in [2.75, 3.05) is 4.90 Å². The molecule has 1 aliphatic heterocycles. The SMILES string of the molecule is CC(C)(C)c1ccc(-n2c(-c3ccc(N4c5ccc(Br)cc5Oc5cc(Br)ccc54)cc3)nc3c4ccccc4c4ccccc4c32)cc1. The molecule has 1 aliphatic rings. The van der Waals surface area contributed by atoms with Gasteiger partial charge < -0.3 is 9.64 Å². The fourth-order valence-electron chi connectivity index (χ4n) is 7.06. The van der Waals surface area contributed by atoms with E-state index in [2.05, 4.69) is 183 Å². The second kappa shape index (κ2) is 11.3. The summed E-state index contributed by atoms with van der Waals surface area (Å²) < 4.78 is 10.6. The van der Waals surface area contributed by atoms with Crippen molar-refractivity contribution in [3.05, 3.63) is 148 Å². The van der Waals surface area contributed by atoms with Crippen LogP contribution >= 0.6 is 31.9 Å². The minimum atomic E-state index is 0.0555. The van der Waals surface area contributed by atoms with Gasteiger partial charge in [-0.1, -0.05) is 113 Å². The van der Waals surface area contributed by atoms with Crippen LogP contribution in [0.2, 0.25) is 0 Å². The quantitative estimate of drug-likeness (QED) is 0.168. The number of hydrogen-bond acceptors (Lipinski definition) is 3. The molecule has 9 rings (SSSR count). The maximum absolute atomic E-state index is 6.37. The van der Waals surface area contributed by atoms with Gasteiger partial charge in [0.15, 0.2) is 11.5 Å². The fourth-order valence-corrected chi connectivity index (χ4v) is 7.74. The van der Waals surface area contributed by atoms with Gasteiger partial charge in [0.05, 0.1) is 22.4 Å². The van der Waals surface area contributed by atoms with Gasteiger partial charge in [-0.3, -0.25) is 4.57 Å². The zero-order chi connectivity index (χ0) is 33.4. The Balaban J connectivity index is 1.27. The van der Waals surface area contributed by atoms with Gasteiger partial charge in [0.25, 0.3) is 0 Å². The van der Waals surface area contributed by atoms with Crippen LogP contribution in [0.15, 0.2) is 142 Å². The molecule has 0 bridgehead atoms. The first-order valence-corrected chi connectivity index (χ1v) is 17.9. The van der Waals surface area contributed by atoms with Crippen molar-refractivity contribution in [2.24, 2.45) is 0 Å². The number of hydrogen-bond donors (Lipinski definition) is 0. The Kier molecular flexibility index (Phi) is 6.97. The van der Waals surface area contributed by atoms with Crippen molar-refractivity contribution >= 4 is 81.5 Å². The molecule has 1 aromatic heterocycles. The van der Waals surface area contributed by atoms with Crippen molar-refractivity contribution in [3.8, 4) is 28.6 Å². The van der Waals surface area contributed by atoms with E-state index < -0.39 is 0 Å². The summed E-state index contributed by atoms with van der Waals surface area (Å²) in [6.45, 7) is 6.76. The number of benzene rings is 7. The van der Waals surface area contributed by atoms with Gasteiger partial charge in [-0.2, -0.15) is 0 Å². The Bertz CT molecular complexity index is 2530. The highest BCUT2D eigenvalue weighted by Crippen LogP contribution is 2.52. The van der Waals surface area contributed by atoms with Crippen LogP contribution in [-0.4, -0.2) is 9.55 Å². The number of ether oxygens (including phenoxy) is 1. The number of aromatic nitrogens is 2. The number of anilines is 3. The lowest BCUT2D eigenvalue weighted by molar-refractivity contribution is 0.476. The lowest BCUT2D eigenvalue weighted by Gasteiger charge is -2.33. The zero-order valence-corrected chi connectivity index (χ0v) is 30.4. The second-order valence-corrected chi connectivity index (χ2v) is 15.4. The van der Waals surface area contributed by atoms with E-state index in [4.69, 9.17) is 9.72 Å². The van der Waals surface area contributed by atoms with Gasteiger partial charge in [-0.05, 0) is 94.5 Å². The van der Waals surface area contributed by atoms with Gasteiger partial charge in [-0.25, -0.2) is 4.98 Å². The monoisotopic (exact) mass is 763 g/mol. The minimum absolute atomic E-state index is 0.0555. The summed E-state index contributed by atoms with van der Waals surface area (Å²) in [7, 11) is 0. The summed E-state index contributed by atoms with van der Waals surface area (Å²) in [4.78, 5) is 7.72. The second-order valence-electron chi connectivity index (χ2n) is 13.6. The third kappa shape index (κ3) is 4.96. The van der Waals surface area contributed by atoms with E-state index in [0.29, 0.717) is 0 Å². The average Bonchev–Trinajstić information content (AvgIpc) is 3.52. The molecule has 2 heterocycles. The molecule has 49 heavy (non-hydrogen) atoms. The van der Waals surface area contributed by atoms with Crippen molar-refractivity contribution in [1.82, 2.24) is 9.55 Å². The molecule has 0 amide bonds. The minimum Gasteiger partial charge on any atom is -0.453 e. The molecule has 238 valence electrons. The maximum Gasteiger partial charge on any atom is 0.152 e. The number of imidazole rings is 1. The van der Waals surface area contributed by atoms with E-state index in [9.17, 15) is 0 Å². The number of nitrogens with zero attached hydrogens (tertiary/aromatic N) is 3. The topological polar surface area (TPSA) is 30.3 Å². The van der Waals surface area contributed by atoms with Crippen LogP contribution in [0.4, 0.5) is 17.1 Å². The smallest absolute Gasteiger partial charge is 0.152 e. The molecule has 4 nitrogen and oxygen atoms in total. The van der Waals surface area contributed by atoms with Crippen LogP contribution < -0.4 is 9.64 Å². The molecule has 6 heteroatoms. The van der Waals surface area contributed by atoms with Crippen LogP contribution in [0.25, 0.3) is 49.7 Å². The van der Waals surface area contributed by atoms with Crippen molar-refractivity contribution in [2.45, 2.75) is 26.2 Å². The number of rotatable bonds is 3. The van der Waals surface area contributed by atoms with E-state index >= 15 is 0 Å². The van der Waals surface area contributed by atoms with Crippen LogP contribution in [-0.2, 0) is 5.41 Å². The van der Waals surface area contributed by atoms with E-state index in [-0.39, 0.29) is 5.41 Å². The summed E-state index contributed by atoms with van der Waals surface area (Å²) in [5.74, 6) is 2.49. The lowest BCUT2D eigenvalue weighted by atomic mass is 9.87. The molecule has 0 unspecified atom stereocenters. The Morgan fingerprint density at radius 1 is 0.571 bits per heavy atom. The van der Waals surface area contributed by atoms with Gasteiger partial charge in [0, 0.05) is 36.7 Å². The fraction of sp³-hybridized carbons (Fsp3) is 0.0930. The third-order valence-corrected chi connectivity index (χ3v) is 10.4. The molecule has 0 radical (unpaired) electrons. The van der Waals surface area contributed by atoms with Crippen molar-refractivity contribution < 1.29 is 4.74 Å². The van der Waals surface area contributed by atoms with Gasteiger partial charge in [0.1, 0.15) is 5.82 Å². The highest BCUT2D eigenvalue weighted by molar-refractivity contribution is 9.10. The highest BCUT2D eigenvalue weighted by atomic mass is 79.9. The first-order chi connectivity index (χ1) is 23.7. The molecule has 0 atom stereocenters. The molecule has 8 aromatic rings. The number of halogens is 2. The molecule has 0 saturated heterocycles. The largest absolute Gasteiger partial charge is 0.453 e. The molecule has 7 aromatic carbocycles. The van der Waals surface area contributed by atoms with Gasteiger partial charge in [0.2, 0.25) is 0 Å². The van der Waals surface area contributed by atoms with Gasteiger partial charge in [-0.15, -0.1) is 0 Å². The van der Waals surface area contributed by atoms with E-state index in [0.717, 1.165) is 71.0 Å². The summed E-state index contributed by atoms with van der Waals surface area (Å²) in [5.41, 5.74) is 8.59. The molecule has 0 saturated carbocycles. The van der Waals surface area contributed by atoms with Crippen molar-refractivity contribution in [3.63, 3.8) is 0 Å². The Labute approximate surface area is 301 Å².